The molecule has 4 rings (SSSR count). The summed E-state index contributed by atoms with van der Waals surface area (Å²) in [6.07, 6.45) is 4.15. The standard InChI is InChI=1S/C19H19ClN4O3/c20-15-10-21-19(23-7-1-2-8-23)22-16(15)17(25)24-9-6-13-12(11-24)4-3-5-14(13)18(26)27/h3-5,10H,1-2,6-9,11H2,(H,26,27). The topological polar surface area (TPSA) is 86.6 Å². The summed E-state index contributed by atoms with van der Waals surface area (Å²) in [6, 6.07) is 5.17. The first-order valence-electron chi connectivity index (χ1n) is 8.95. The highest BCUT2D eigenvalue weighted by Gasteiger charge is 2.28. The first kappa shape index (κ1) is 17.7. The third-order valence-electron chi connectivity index (χ3n) is 5.11. The summed E-state index contributed by atoms with van der Waals surface area (Å²) >= 11 is 6.22. The number of carboxylic acid groups (broad SMARTS) is 1. The monoisotopic (exact) mass is 386 g/mol. The Bertz CT molecular complexity index is 912. The van der Waals surface area contributed by atoms with E-state index in [0.29, 0.717) is 31.0 Å². The first-order valence-corrected chi connectivity index (χ1v) is 9.33. The van der Waals surface area contributed by atoms with Crippen molar-refractivity contribution < 1.29 is 14.7 Å². The fourth-order valence-electron chi connectivity index (χ4n) is 3.71. The van der Waals surface area contributed by atoms with Crippen LogP contribution >= 0.6 is 11.6 Å². The van der Waals surface area contributed by atoms with Crippen LogP contribution in [0.1, 0.15) is 44.8 Å². The van der Waals surface area contributed by atoms with Gasteiger partial charge in [-0.15, -0.1) is 0 Å². The van der Waals surface area contributed by atoms with Crippen molar-refractivity contribution in [1.82, 2.24) is 14.9 Å². The smallest absolute Gasteiger partial charge is 0.335 e. The Balaban J connectivity index is 1.60. The minimum atomic E-state index is -0.944. The molecule has 2 aromatic rings. The maximum atomic E-state index is 13.0. The maximum absolute atomic E-state index is 13.0. The van der Waals surface area contributed by atoms with Gasteiger partial charge in [-0.3, -0.25) is 4.79 Å². The Morgan fingerprint density at radius 2 is 1.93 bits per heavy atom. The quantitative estimate of drug-likeness (QED) is 0.872. The Labute approximate surface area is 161 Å². The number of halogens is 1. The summed E-state index contributed by atoms with van der Waals surface area (Å²) in [5, 5.41) is 9.57. The first-order chi connectivity index (χ1) is 13.0. The Morgan fingerprint density at radius 3 is 2.67 bits per heavy atom. The lowest BCUT2D eigenvalue weighted by molar-refractivity contribution is 0.0694. The molecule has 0 aliphatic carbocycles. The van der Waals surface area contributed by atoms with Crippen molar-refractivity contribution in [3.8, 4) is 0 Å². The molecule has 0 radical (unpaired) electrons. The van der Waals surface area contributed by atoms with Crippen molar-refractivity contribution in [2.24, 2.45) is 0 Å². The van der Waals surface area contributed by atoms with Crippen molar-refractivity contribution in [2.45, 2.75) is 25.8 Å². The molecule has 0 bridgehead atoms. The Kier molecular flexibility index (Phi) is 4.70. The van der Waals surface area contributed by atoms with E-state index in [2.05, 4.69) is 14.9 Å². The second-order valence-electron chi connectivity index (χ2n) is 6.79. The molecule has 1 N–H and O–H groups in total. The number of rotatable bonds is 3. The molecular formula is C19H19ClN4O3. The van der Waals surface area contributed by atoms with Gasteiger partial charge in [0.15, 0.2) is 5.69 Å². The van der Waals surface area contributed by atoms with Crippen LogP contribution in [-0.4, -0.2) is 51.5 Å². The molecular weight excluding hydrogens is 368 g/mol. The summed E-state index contributed by atoms with van der Waals surface area (Å²) in [4.78, 5) is 36.8. The molecule has 2 aliphatic rings. The molecule has 7 nitrogen and oxygen atoms in total. The van der Waals surface area contributed by atoms with Gasteiger partial charge >= 0.3 is 5.97 Å². The number of aromatic carboxylic acids is 1. The van der Waals surface area contributed by atoms with Crippen molar-refractivity contribution in [3.05, 3.63) is 51.8 Å². The van der Waals surface area contributed by atoms with Crippen molar-refractivity contribution in [1.29, 1.82) is 0 Å². The van der Waals surface area contributed by atoms with E-state index < -0.39 is 5.97 Å². The molecule has 1 amide bonds. The van der Waals surface area contributed by atoms with Gasteiger partial charge in [-0.25, -0.2) is 14.8 Å². The Morgan fingerprint density at radius 1 is 1.15 bits per heavy atom. The minimum Gasteiger partial charge on any atom is -0.478 e. The minimum absolute atomic E-state index is 0.200. The highest BCUT2D eigenvalue weighted by atomic mass is 35.5. The molecule has 0 atom stereocenters. The summed E-state index contributed by atoms with van der Waals surface area (Å²) in [5.41, 5.74) is 2.14. The van der Waals surface area contributed by atoms with E-state index in [-0.39, 0.29) is 16.6 Å². The largest absolute Gasteiger partial charge is 0.478 e. The summed E-state index contributed by atoms with van der Waals surface area (Å²) in [6.45, 7) is 2.53. The van der Waals surface area contributed by atoms with Gasteiger partial charge in [0, 0.05) is 26.2 Å². The van der Waals surface area contributed by atoms with Gasteiger partial charge in [-0.1, -0.05) is 23.7 Å². The number of carboxylic acids is 1. The van der Waals surface area contributed by atoms with Crippen LogP contribution in [0.25, 0.3) is 0 Å². The number of fused-ring (bicyclic) bond motifs is 1. The van der Waals surface area contributed by atoms with E-state index in [1.54, 1.807) is 17.0 Å². The van der Waals surface area contributed by atoms with Gasteiger partial charge in [0.1, 0.15) is 0 Å². The lowest BCUT2D eigenvalue weighted by Crippen LogP contribution is -2.37. The normalized spacial score (nSPS) is 16.3. The average Bonchev–Trinajstić information content (AvgIpc) is 3.21. The molecule has 0 unspecified atom stereocenters. The van der Waals surface area contributed by atoms with E-state index in [1.165, 1.54) is 6.20 Å². The number of hydrogen-bond acceptors (Lipinski definition) is 5. The Hall–Kier alpha value is -2.67. The number of carbonyl (C=O) groups excluding carboxylic acids is 1. The van der Waals surface area contributed by atoms with Gasteiger partial charge < -0.3 is 14.9 Å². The summed E-state index contributed by atoms with van der Waals surface area (Å²) in [7, 11) is 0. The van der Waals surface area contributed by atoms with Crippen molar-refractivity contribution in [2.75, 3.05) is 24.5 Å². The maximum Gasteiger partial charge on any atom is 0.335 e. The molecule has 0 spiro atoms. The van der Waals surface area contributed by atoms with Gasteiger partial charge in [0.25, 0.3) is 5.91 Å². The molecule has 1 aromatic carbocycles. The highest BCUT2D eigenvalue weighted by Crippen LogP contribution is 2.26. The number of anilines is 1. The van der Waals surface area contributed by atoms with Crippen LogP contribution in [0.5, 0.6) is 0 Å². The van der Waals surface area contributed by atoms with Gasteiger partial charge in [0.2, 0.25) is 5.95 Å². The number of carbonyl (C=O) groups is 2. The van der Waals surface area contributed by atoms with Gasteiger partial charge in [0.05, 0.1) is 16.8 Å². The highest BCUT2D eigenvalue weighted by molar-refractivity contribution is 6.33. The van der Waals surface area contributed by atoms with Crippen molar-refractivity contribution in [3.63, 3.8) is 0 Å². The predicted molar refractivity (Wildman–Crippen MR) is 100 cm³/mol. The summed E-state index contributed by atoms with van der Waals surface area (Å²) < 4.78 is 0. The van der Waals surface area contributed by atoms with E-state index in [9.17, 15) is 14.7 Å². The molecule has 140 valence electrons. The van der Waals surface area contributed by atoms with Crippen LogP contribution < -0.4 is 4.90 Å². The van der Waals surface area contributed by atoms with Crippen molar-refractivity contribution >= 4 is 29.4 Å². The molecule has 0 saturated carbocycles. The zero-order chi connectivity index (χ0) is 19.0. The van der Waals surface area contributed by atoms with Crippen LogP contribution in [-0.2, 0) is 13.0 Å². The number of nitrogens with zero attached hydrogens (tertiary/aromatic N) is 4. The molecule has 1 saturated heterocycles. The number of hydrogen-bond donors (Lipinski definition) is 1. The van der Waals surface area contributed by atoms with Gasteiger partial charge in [-0.05, 0) is 36.5 Å². The molecule has 1 fully saturated rings. The third-order valence-corrected chi connectivity index (χ3v) is 5.38. The van der Waals surface area contributed by atoms with E-state index >= 15 is 0 Å². The molecule has 27 heavy (non-hydrogen) atoms. The van der Waals surface area contributed by atoms with Crippen LogP contribution in [0.15, 0.2) is 24.4 Å². The second-order valence-corrected chi connectivity index (χ2v) is 7.19. The SMILES string of the molecule is O=C(O)c1cccc2c1CCN(C(=O)c1nc(N3CCCC3)ncc1Cl)C2. The second kappa shape index (κ2) is 7.15. The average molecular weight is 387 g/mol. The number of amides is 1. The third kappa shape index (κ3) is 3.35. The molecule has 1 aromatic heterocycles. The van der Waals surface area contributed by atoms with Crippen LogP contribution in [0, 0.1) is 0 Å². The number of aromatic nitrogens is 2. The molecule has 8 heteroatoms. The lowest BCUT2D eigenvalue weighted by atomic mass is 9.94. The van der Waals surface area contributed by atoms with E-state index in [1.807, 2.05) is 6.07 Å². The van der Waals surface area contributed by atoms with Crippen LogP contribution in [0.2, 0.25) is 5.02 Å². The summed E-state index contributed by atoms with van der Waals surface area (Å²) in [5.74, 6) is -0.666. The molecule has 2 aliphatic heterocycles. The molecule has 3 heterocycles. The zero-order valence-electron chi connectivity index (χ0n) is 14.7. The van der Waals surface area contributed by atoms with E-state index in [4.69, 9.17) is 11.6 Å². The zero-order valence-corrected chi connectivity index (χ0v) is 15.4. The van der Waals surface area contributed by atoms with Crippen LogP contribution in [0.4, 0.5) is 5.95 Å². The van der Waals surface area contributed by atoms with Gasteiger partial charge in [-0.2, -0.15) is 0 Å². The lowest BCUT2D eigenvalue weighted by Gasteiger charge is -2.29. The van der Waals surface area contributed by atoms with E-state index in [0.717, 1.165) is 37.1 Å². The van der Waals surface area contributed by atoms with Crippen LogP contribution in [0.3, 0.4) is 0 Å². The number of benzene rings is 1. The fourth-order valence-corrected chi connectivity index (χ4v) is 3.88. The predicted octanol–water partition coefficient (Wildman–Crippen LogP) is 2.63. The fraction of sp³-hybridized carbons (Fsp3) is 0.368.